The number of pyridine rings is 1. The number of benzene rings is 1. The minimum atomic E-state index is -1.07. The van der Waals surface area contributed by atoms with E-state index in [1.54, 1.807) is 6.08 Å². The van der Waals surface area contributed by atoms with Crippen LogP contribution in [0.2, 0.25) is 0 Å². The van der Waals surface area contributed by atoms with Crippen LogP contribution in [0, 0.1) is 29.3 Å². The average molecular weight is 517 g/mol. The van der Waals surface area contributed by atoms with Crippen molar-refractivity contribution in [2.24, 2.45) is 23.3 Å². The smallest absolute Gasteiger partial charge is 0.274 e. The Balaban J connectivity index is 1.97. The molecule has 4 atom stereocenters. The first-order chi connectivity index (χ1) is 17.6. The van der Waals surface area contributed by atoms with Gasteiger partial charge in [-0.25, -0.2) is 18.2 Å². The first-order valence-corrected chi connectivity index (χ1v) is 11.9. The summed E-state index contributed by atoms with van der Waals surface area (Å²) in [6, 6.07) is 3.50. The summed E-state index contributed by atoms with van der Waals surface area (Å²) in [5.41, 5.74) is 11.2. The second kappa shape index (κ2) is 12.2. The highest BCUT2D eigenvalue weighted by molar-refractivity contribution is 5.94. The van der Waals surface area contributed by atoms with Crippen molar-refractivity contribution in [1.82, 2.24) is 10.3 Å². The van der Waals surface area contributed by atoms with Crippen molar-refractivity contribution in [3.05, 3.63) is 89.2 Å². The lowest BCUT2D eigenvalue weighted by Crippen LogP contribution is -2.45. The van der Waals surface area contributed by atoms with E-state index in [2.05, 4.69) is 16.9 Å². The van der Waals surface area contributed by atoms with E-state index in [-0.39, 0.29) is 36.1 Å². The lowest BCUT2D eigenvalue weighted by molar-refractivity contribution is 0.0454. The number of carbonyl (C=O) groups is 1. The van der Waals surface area contributed by atoms with Gasteiger partial charge in [0, 0.05) is 18.3 Å². The summed E-state index contributed by atoms with van der Waals surface area (Å²) in [5.74, 6) is -4.14. The number of amides is 1. The van der Waals surface area contributed by atoms with Crippen LogP contribution in [-0.4, -0.2) is 39.9 Å². The number of aromatic nitrogens is 1. The van der Waals surface area contributed by atoms with Crippen molar-refractivity contribution in [2.75, 3.05) is 6.61 Å². The molecule has 1 amide bonds. The van der Waals surface area contributed by atoms with E-state index in [1.807, 2.05) is 6.92 Å². The molecule has 37 heavy (non-hydrogen) atoms. The standard InChI is InChI=1S/C27H31F3N4O3/c1-3-22(17(6-8-31)16-10-14(2)26(36)21(32)13-16)34-27(37)23-5-4-18(28)25(33-23)24-19(29)11-15(7-9-35)12-20(24)30/h3-6,8,11-12,14,16,21,26,35-36H,1,7,9-10,13,31-32H2,2H3,(H,34,37)/b8-6-,22-17-/t14-,16+,21+,26+/m0/s1. The fourth-order valence-electron chi connectivity index (χ4n) is 4.67. The maximum atomic E-state index is 14.7. The third-order valence-electron chi connectivity index (χ3n) is 6.53. The third kappa shape index (κ3) is 6.27. The maximum absolute atomic E-state index is 14.7. The molecule has 1 aliphatic rings. The van der Waals surface area contributed by atoms with Gasteiger partial charge in [0.1, 0.15) is 28.8 Å². The molecule has 0 spiro atoms. The molecule has 7 N–H and O–H groups in total. The van der Waals surface area contributed by atoms with Crippen LogP contribution < -0.4 is 16.8 Å². The normalized spacial score (nSPS) is 22.6. The Morgan fingerprint density at radius 1 is 1.22 bits per heavy atom. The summed E-state index contributed by atoms with van der Waals surface area (Å²) < 4.78 is 44.0. The van der Waals surface area contributed by atoms with E-state index in [1.165, 1.54) is 12.3 Å². The van der Waals surface area contributed by atoms with Gasteiger partial charge in [-0.3, -0.25) is 4.79 Å². The number of carbonyl (C=O) groups excluding carboxylic acids is 1. The fraction of sp³-hybridized carbons (Fsp3) is 0.333. The van der Waals surface area contributed by atoms with Crippen molar-refractivity contribution in [3.8, 4) is 11.3 Å². The average Bonchev–Trinajstić information content (AvgIpc) is 2.85. The molecule has 198 valence electrons. The van der Waals surface area contributed by atoms with Crippen molar-refractivity contribution in [2.45, 2.75) is 38.3 Å². The Labute approximate surface area is 213 Å². The van der Waals surface area contributed by atoms with Gasteiger partial charge in [0.25, 0.3) is 5.91 Å². The number of allylic oxidation sites excluding steroid dienone is 3. The van der Waals surface area contributed by atoms with E-state index in [4.69, 9.17) is 16.6 Å². The SMILES string of the molecule is C=C/C(NC(=O)c1ccc(F)c(-c2c(F)cc(CCO)cc2F)n1)=C(\C=C/N)[C@H]1C[C@@H](N)[C@H](O)[C@@H](C)C1. The predicted molar refractivity (Wildman–Crippen MR) is 134 cm³/mol. The predicted octanol–water partition coefficient (Wildman–Crippen LogP) is 3.08. The molecule has 0 radical (unpaired) electrons. The fourth-order valence-corrected chi connectivity index (χ4v) is 4.67. The number of hydrogen-bond acceptors (Lipinski definition) is 6. The molecule has 0 saturated heterocycles. The third-order valence-corrected chi connectivity index (χ3v) is 6.53. The second-order valence-corrected chi connectivity index (χ2v) is 9.12. The van der Waals surface area contributed by atoms with Crippen molar-refractivity contribution in [3.63, 3.8) is 0 Å². The van der Waals surface area contributed by atoms with Gasteiger partial charge in [-0.2, -0.15) is 0 Å². The summed E-state index contributed by atoms with van der Waals surface area (Å²) in [7, 11) is 0. The molecule has 0 aliphatic heterocycles. The Bertz CT molecular complexity index is 1200. The van der Waals surface area contributed by atoms with E-state index in [0.717, 1.165) is 24.3 Å². The number of halogens is 3. The largest absolute Gasteiger partial charge is 0.405 e. The Morgan fingerprint density at radius 3 is 2.46 bits per heavy atom. The molecule has 2 aromatic rings. The van der Waals surface area contributed by atoms with Gasteiger partial charge in [0.2, 0.25) is 0 Å². The van der Waals surface area contributed by atoms with E-state index in [0.29, 0.717) is 24.1 Å². The number of aliphatic hydroxyl groups is 2. The Kier molecular flexibility index (Phi) is 9.25. The lowest BCUT2D eigenvalue weighted by Gasteiger charge is -2.37. The molecule has 1 aromatic heterocycles. The highest BCUT2D eigenvalue weighted by Crippen LogP contribution is 2.35. The maximum Gasteiger partial charge on any atom is 0.274 e. The zero-order valence-electron chi connectivity index (χ0n) is 20.4. The van der Waals surface area contributed by atoms with Crippen LogP contribution in [-0.2, 0) is 6.42 Å². The van der Waals surface area contributed by atoms with Gasteiger partial charge in [-0.1, -0.05) is 13.5 Å². The second-order valence-electron chi connectivity index (χ2n) is 9.12. The highest BCUT2D eigenvalue weighted by atomic mass is 19.1. The van der Waals surface area contributed by atoms with Gasteiger partial charge in [0.05, 0.1) is 11.7 Å². The molecule has 1 heterocycles. The van der Waals surface area contributed by atoms with E-state index in [9.17, 15) is 23.1 Å². The molecule has 1 aliphatic carbocycles. The summed E-state index contributed by atoms with van der Waals surface area (Å²) >= 11 is 0. The number of hydrogen-bond donors (Lipinski definition) is 5. The lowest BCUT2D eigenvalue weighted by atomic mass is 9.74. The molecule has 10 heteroatoms. The molecule has 1 saturated carbocycles. The van der Waals surface area contributed by atoms with Crippen molar-refractivity contribution in [1.29, 1.82) is 0 Å². The van der Waals surface area contributed by atoms with Gasteiger partial charge < -0.3 is 27.0 Å². The van der Waals surface area contributed by atoms with Crippen LogP contribution in [0.1, 0.15) is 35.8 Å². The van der Waals surface area contributed by atoms with Crippen LogP contribution in [0.25, 0.3) is 11.3 Å². The van der Waals surface area contributed by atoms with Crippen LogP contribution in [0.15, 0.2) is 60.5 Å². The number of rotatable bonds is 8. The minimum Gasteiger partial charge on any atom is -0.405 e. The molecule has 1 fully saturated rings. The molecule has 0 bridgehead atoms. The first-order valence-electron chi connectivity index (χ1n) is 11.9. The van der Waals surface area contributed by atoms with Crippen LogP contribution >= 0.6 is 0 Å². The Hall–Kier alpha value is -3.47. The van der Waals surface area contributed by atoms with E-state index < -0.39 is 46.8 Å². The Morgan fingerprint density at radius 2 is 1.89 bits per heavy atom. The van der Waals surface area contributed by atoms with Gasteiger partial charge in [-0.05, 0) is 84.9 Å². The topological polar surface area (TPSA) is 134 Å². The molecule has 1 aromatic carbocycles. The molecule has 3 rings (SSSR count). The van der Waals surface area contributed by atoms with Gasteiger partial charge in [0.15, 0.2) is 0 Å². The van der Waals surface area contributed by atoms with Crippen LogP contribution in [0.4, 0.5) is 13.2 Å². The highest BCUT2D eigenvalue weighted by Gasteiger charge is 2.34. The molecule has 7 nitrogen and oxygen atoms in total. The summed E-state index contributed by atoms with van der Waals surface area (Å²) in [6.45, 7) is 5.33. The summed E-state index contributed by atoms with van der Waals surface area (Å²) in [5, 5.41) is 21.9. The summed E-state index contributed by atoms with van der Waals surface area (Å²) in [6.07, 6.45) is 4.74. The number of nitrogens with zero attached hydrogens (tertiary/aromatic N) is 1. The van der Waals surface area contributed by atoms with E-state index >= 15 is 0 Å². The zero-order valence-corrected chi connectivity index (χ0v) is 20.4. The molecular weight excluding hydrogens is 485 g/mol. The van der Waals surface area contributed by atoms with Crippen molar-refractivity contribution >= 4 is 5.91 Å². The first kappa shape index (κ1) is 28.1. The number of aliphatic hydroxyl groups excluding tert-OH is 2. The quantitative estimate of drug-likeness (QED) is 0.343. The number of nitrogens with two attached hydrogens (primary N) is 2. The molecular formula is C27H31F3N4O3. The number of nitrogens with one attached hydrogen (secondary N) is 1. The summed E-state index contributed by atoms with van der Waals surface area (Å²) in [4.78, 5) is 17.0. The van der Waals surface area contributed by atoms with Gasteiger partial charge >= 0.3 is 0 Å². The molecule has 0 unspecified atom stereocenters. The van der Waals surface area contributed by atoms with Gasteiger partial charge in [-0.15, -0.1) is 0 Å². The van der Waals surface area contributed by atoms with Crippen molar-refractivity contribution < 1.29 is 28.2 Å². The zero-order chi connectivity index (χ0) is 27.3. The minimum absolute atomic E-state index is 0.0202. The van der Waals surface area contributed by atoms with Crippen LogP contribution in [0.3, 0.4) is 0 Å². The monoisotopic (exact) mass is 516 g/mol. The van der Waals surface area contributed by atoms with Crippen LogP contribution in [0.5, 0.6) is 0 Å².